The summed E-state index contributed by atoms with van der Waals surface area (Å²) in [5.41, 5.74) is 1.28. The van der Waals surface area contributed by atoms with E-state index >= 15 is 0 Å². The maximum absolute atomic E-state index is 12.1. The number of benzene rings is 1. The minimum atomic E-state index is -0.0565. The highest BCUT2D eigenvalue weighted by Crippen LogP contribution is 2.26. The number of carbonyl (C=O) groups is 1. The smallest absolute Gasteiger partial charge is 0.261 e. The Labute approximate surface area is 136 Å². The summed E-state index contributed by atoms with van der Waals surface area (Å²) in [5.74, 6) is -0.0565. The first-order valence-corrected chi connectivity index (χ1v) is 8.72. The summed E-state index contributed by atoms with van der Waals surface area (Å²) in [4.78, 5) is 12.8. The molecule has 0 aliphatic heterocycles. The van der Waals surface area contributed by atoms with Crippen LogP contribution in [0.4, 0.5) is 0 Å². The molecule has 5 heteroatoms. The molecule has 108 valence electrons. The molecule has 21 heavy (non-hydrogen) atoms. The van der Waals surface area contributed by atoms with Crippen molar-refractivity contribution in [3.05, 3.63) is 56.6 Å². The number of rotatable bonds is 4. The number of fused-ring (bicyclic) bond motifs is 1. The van der Waals surface area contributed by atoms with E-state index in [1.165, 1.54) is 27.0 Å². The zero-order valence-electron chi connectivity index (χ0n) is 11.4. The molecule has 0 saturated carbocycles. The van der Waals surface area contributed by atoms with Gasteiger partial charge >= 0.3 is 0 Å². The summed E-state index contributed by atoms with van der Waals surface area (Å²) < 4.78 is 1.92. The molecule has 3 aromatic rings. The van der Waals surface area contributed by atoms with Gasteiger partial charge in [0.2, 0.25) is 0 Å². The Hall–Kier alpha value is -1.36. The van der Waals surface area contributed by atoms with Gasteiger partial charge in [-0.15, -0.1) is 22.7 Å². The minimum Gasteiger partial charge on any atom is -0.349 e. The fourth-order valence-electron chi connectivity index (χ4n) is 2.30. The van der Waals surface area contributed by atoms with Crippen molar-refractivity contribution in [2.75, 3.05) is 0 Å². The molecule has 0 fully saturated rings. The van der Waals surface area contributed by atoms with E-state index in [2.05, 4.69) is 28.9 Å². The van der Waals surface area contributed by atoms with Crippen LogP contribution >= 0.6 is 34.3 Å². The second-order valence-corrected chi connectivity index (χ2v) is 7.57. The van der Waals surface area contributed by atoms with E-state index in [0.717, 1.165) is 6.42 Å². The molecule has 0 unspecified atom stereocenters. The fraction of sp³-hybridized carbons (Fsp3) is 0.188. The molecular formula is C16H14ClNOS2. The van der Waals surface area contributed by atoms with Crippen molar-refractivity contribution in [2.24, 2.45) is 0 Å². The van der Waals surface area contributed by atoms with Crippen LogP contribution in [-0.4, -0.2) is 11.9 Å². The third kappa shape index (κ3) is 3.28. The molecule has 1 atom stereocenters. The maximum atomic E-state index is 12.1. The van der Waals surface area contributed by atoms with Crippen LogP contribution in [-0.2, 0) is 6.42 Å². The predicted octanol–water partition coefficient (Wildman–Crippen LogP) is 4.98. The third-order valence-corrected chi connectivity index (χ3v) is 5.50. The van der Waals surface area contributed by atoms with Crippen molar-refractivity contribution in [1.82, 2.24) is 5.32 Å². The molecule has 1 aromatic carbocycles. The molecule has 3 rings (SSSR count). The Kier molecular flexibility index (Phi) is 4.29. The van der Waals surface area contributed by atoms with Gasteiger partial charge in [-0.3, -0.25) is 4.79 Å². The van der Waals surface area contributed by atoms with Gasteiger partial charge in [0.1, 0.15) is 0 Å². The van der Waals surface area contributed by atoms with E-state index in [0.29, 0.717) is 9.21 Å². The van der Waals surface area contributed by atoms with Crippen molar-refractivity contribution in [3.63, 3.8) is 0 Å². The average molecular weight is 336 g/mol. The Balaban J connectivity index is 1.69. The lowest BCUT2D eigenvalue weighted by Crippen LogP contribution is -2.33. The molecule has 0 aliphatic rings. The van der Waals surface area contributed by atoms with Crippen LogP contribution in [0.15, 0.2) is 41.8 Å². The summed E-state index contributed by atoms with van der Waals surface area (Å²) >= 11 is 8.91. The SMILES string of the molecule is C[C@@H](Cc1csc2ccccc12)NC(=O)c1ccc(Cl)s1. The van der Waals surface area contributed by atoms with E-state index < -0.39 is 0 Å². The van der Waals surface area contributed by atoms with Gasteiger partial charge in [0.25, 0.3) is 5.91 Å². The van der Waals surface area contributed by atoms with Gasteiger partial charge in [0.05, 0.1) is 9.21 Å². The van der Waals surface area contributed by atoms with Crippen LogP contribution in [0.3, 0.4) is 0 Å². The highest BCUT2D eigenvalue weighted by molar-refractivity contribution is 7.18. The quantitative estimate of drug-likeness (QED) is 0.716. The molecular weight excluding hydrogens is 322 g/mol. The van der Waals surface area contributed by atoms with Gasteiger partial charge in [0.15, 0.2) is 0 Å². The molecule has 1 amide bonds. The fourth-order valence-corrected chi connectivity index (χ4v) is 4.22. The van der Waals surface area contributed by atoms with Crippen LogP contribution in [0, 0.1) is 0 Å². The largest absolute Gasteiger partial charge is 0.349 e. The summed E-state index contributed by atoms with van der Waals surface area (Å²) in [6, 6.07) is 11.9. The summed E-state index contributed by atoms with van der Waals surface area (Å²) in [7, 11) is 0. The first-order chi connectivity index (χ1) is 10.1. The average Bonchev–Trinajstić information content (AvgIpc) is 3.06. The van der Waals surface area contributed by atoms with Crippen LogP contribution in [0.25, 0.3) is 10.1 Å². The van der Waals surface area contributed by atoms with Crippen molar-refractivity contribution in [3.8, 4) is 0 Å². The van der Waals surface area contributed by atoms with Gasteiger partial charge in [-0.1, -0.05) is 29.8 Å². The lowest BCUT2D eigenvalue weighted by Gasteiger charge is -2.12. The monoisotopic (exact) mass is 335 g/mol. The second kappa shape index (κ2) is 6.18. The van der Waals surface area contributed by atoms with Crippen LogP contribution in [0.5, 0.6) is 0 Å². The molecule has 2 nitrogen and oxygen atoms in total. The standard InChI is InChI=1S/C16H14ClNOS2/c1-10(18-16(19)14-6-7-15(17)21-14)8-11-9-20-13-5-3-2-4-12(11)13/h2-7,9-10H,8H2,1H3,(H,18,19)/t10-/m0/s1. The lowest BCUT2D eigenvalue weighted by molar-refractivity contribution is 0.0944. The highest BCUT2D eigenvalue weighted by Gasteiger charge is 2.14. The van der Waals surface area contributed by atoms with Crippen LogP contribution in [0.1, 0.15) is 22.2 Å². The number of halogens is 1. The molecule has 0 aliphatic carbocycles. The number of carbonyl (C=O) groups excluding carboxylic acids is 1. The Morgan fingerprint density at radius 3 is 2.86 bits per heavy atom. The van der Waals surface area contributed by atoms with Crippen molar-refractivity contribution < 1.29 is 4.79 Å². The predicted molar refractivity (Wildman–Crippen MR) is 91.8 cm³/mol. The number of hydrogen-bond acceptors (Lipinski definition) is 3. The van der Waals surface area contributed by atoms with E-state index in [9.17, 15) is 4.79 Å². The molecule has 0 saturated heterocycles. The number of hydrogen-bond donors (Lipinski definition) is 1. The first kappa shape index (κ1) is 14.6. The van der Waals surface area contributed by atoms with Crippen molar-refractivity contribution in [2.45, 2.75) is 19.4 Å². The van der Waals surface area contributed by atoms with E-state index in [-0.39, 0.29) is 11.9 Å². The van der Waals surface area contributed by atoms with Gasteiger partial charge in [0, 0.05) is 10.7 Å². The Morgan fingerprint density at radius 2 is 2.10 bits per heavy atom. The van der Waals surface area contributed by atoms with Gasteiger partial charge in [-0.2, -0.15) is 0 Å². The number of amides is 1. The van der Waals surface area contributed by atoms with Crippen molar-refractivity contribution in [1.29, 1.82) is 0 Å². The third-order valence-electron chi connectivity index (χ3n) is 3.26. The normalized spacial score (nSPS) is 12.5. The van der Waals surface area contributed by atoms with E-state index in [4.69, 9.17) is 11.6 Å². The molecule has 2 aromatic heterocycles. The topological polar surface area (TPSA) is 29.1 Å². The molecule has 0 spiro atoms. The van der Waals surface area contributed by atoms with E-state index in [1.54, 1.807) is 23.5 Å². The van der Waals surface area contributed by atoms with Crippen LogP contribution in [0.2, 0.25) is 4.34 Å². The van der Waals surface area contributed by atoms with Gasteiger partial charge < -0.3 is 5.32 Å². The van der Waals surface area contributed by atoms with E-state index in [1.807, 2.05) is 13.0 Å². The first-order valence-electron chi connectivity index (χ1n) is 6.65. The Morgan fingerprint density at radius 1 is 1.29 bits per heavy atom. The summed E-state index contributed by atoms with van der Waals surface area (Å²) in [5, 5.41) is 6.49. The zero-order valence-corrected chi connectivity index (χ0v) is 13.8. The molecule has 2 heterocycles. The molecule has 0 radical (unpaired) electrons. The number of thiophene rings is 2. The van der Waals surface area contributed by atoms with Crippen molar-refractivity contribution >= 4 is 50.3 Å². The summed E-state index contributed by atoms with van der Waals surface area (Å²) in [6.07, 6.45) is 0.828. The Bertz CT molecular complexity index is 777. The highest BCUT2D eigenvalue weighted by atomic mass is 35.5. The zero-order chi connectivity index (χ0) is 14.8. The second-order valence-electron chi connectivity index (χ2n) is 4.94. The number of nitrogens with one attached hydrogen (secondary N) is 1. The van der Waals surface area contributed by atoms with Gasteiger partial charge in [-0.05, 0) is 47.9 Å². The molecule has 1 N–H and O–H groups in total. The summed E-state index contributed by atoms with van der Waals surface area (Å²) in [6.45, 7) is 2.03. The van der Waals surface area contributed by atoms with Gasteiger partial charge in [-0.25, -0.2) is 0 Å². The molecule has 0 bridgehead atoms. The lowest BCUT2D eigenvalue weighted by atomic mass is 10.1. The minimum absolute atomic E-state index is 0.0565. The maximum Gasteiger partial charge on any atom is 0.261 e. The van der Waals surface area contributed by atoms with Crippen LogP contribution < -0.4 is 5.32 Å².